The Morgan fingerprint density at radius 1 is 1.21 bits per heavy atom. The molecule has 1 aliphatic heterocycles. The Hall–Kier alpha value is -0.380. The van der Waals surface area contributed by atoms with Crippen LogP contribution in [0.1, 0.15) is 9.75 Å². The van der Waals surface area contributed by atoms with Gasteiger partial charge in [-0.2, -0.15) is 0 Å². The monoisotopic (exact) mass is 210 g/mol. The minimum atomic E-state index is 1.15. The summed E-state index contributed by atoms with van der Waals surface area (Å²) in [5.74, 6) is 0. The minimum absolute atomic E-state index is 1.15. The highest BCUT2D eigenvalue weighted by Gasteiger charge is 2.14. The first-order valence-electron chi connectivity index (χ1n) is 5.20. The first kappa shape index (κ1) is 10.1. The first-order valence-corrected chi connectivity index (χ1v) is 6.02. The molecule has 1 aliphatic rings. The number of aryl methyl sites for hydroxylation is 1. The zero-order valence-corrected chi connectivity index (χ0v) is 9.81. The van der Waals surface area contributed by atoms with Gasteiger partial charge in [0.2, 0.25) is 0 Å². The van der Waals surface area contributed by atoms with Crippen molar-refractivity contribution in [1.29, 1.82) is 0 Å². The van der Waals surface area contributed by atoms with Crippen molar-refractivity contribution < 1.29 is 0 Å². The summed E-state index contributed by atoms with van der Waals surface area (Å²) in [6.45, 7) is 8.18. The van der Waals surface area contributed by atoms with Crippen LogP contribution in [0.4, 0.5) is 0 Å². The van der Waals surface area contributed by atoms with Gasteiger partial charge in [0, 0.05) is 42.5 Å². The molecule has 0 aliphatic carbocycles. The van der Waals surface area contributed by atoms with Crippen LogP contribution in [0.2, 0.25) is 0 Å². The molecule has 0 bridgehead atoms. The van der Waals surface area contributed by atoms with Crippen molar-refractivity contribution in [2.24, 2.45) is 0 Å². The van der Waals surface area contributed by atoms with E-state index in [-0.39, 0.29) is 0 Å². The van der Waals surface area contributed by atoms with Gasteiger partial charge >= 0.3 is 0 Å². The number of hydrogen-bond donors (Lipinski definition) is 0. The third kappa shape index (κ3) is 2.56. The molecule has 2 heterocycles. The van der Waals surface area contributed by atoms with Gasteiger partial charge in [-0.05, 0) is 26.1 Å². The summed E-state index contributed by atoms with van der Waals surface area (Å²) in [6.07, 6.45) is 0. The van der Waals surface area contributed by atoms with Crippen molar-refractivity contribution >= 4 is 11.3 Å². The Balaban J connectivity index is 1.86. The SMILES string of the molecule is Cc1ccc(CN2CCN(C)CC2)s1. The fourth-order valence-corrected chi connectivity index (χ4v) is 2.73. The highest BCUT2D eigenvalue weighted by atomic mass is 32.1. The van der Waals surface area contributed by atoms with Crippen LogP contribution in [-0.2, 0) is 6.54 Å². The molecule has 1 saturated heterocycles. The maximum absolute atomic E-state index is 2.55. The molecular formula is C11H18N2S. The predicted octanol–water partition coefficient (Wildman–Crippen LogP) is 1.80. The second-order valence-electron chi connectivity index (χ2n) is 4.09. The normalized spacial score (nSPS) is 20.1. The summed E-state index contributed by atoms with van der Waals surface area (Å²) in [5.41, 5.74) is 0. The number of likely N-dealkylation sites (N-methyl/N-ethyl adjacent to an activating group) is 1. The van der Waals surface area contributed by atoms with E-state index in [1.165, 1.54) is 35.9 Å². The van der Waals surface area contributed by atoms with Crippen LogP contribution in [0.25, 0.3) is 0 Å². The lowest BCUT2D eigenvalue weighted by Gasteiger charge is -2.31. The van der Waals surface area contributed by atoms with E-state index in [1.807, 2.05) is 11.3 Å². The highest BCUT2D eigenvalue weighted by molar-refractivity contribution is 7.11. The third-order valence-electron chi connectivity index (χ3n) is 2.77. The molecule has 0 aromatic carbocycles. The van der Waals surface area contributed by atoms with Crippen LogP contribution in [0, 0.1) is 6.92 Å². The Labute approximate surface area is 90.1 Å². The van der Waals surface area contributed by atoms with E-state index >= 15 is 0 Å². The molecule has 3 heteroatoms. The summed E-state index contributed by atoms with van der Waals surface area (Å²) in [7, 11) is 2.20. The average Bonchev–Trinajstić information content (AvgIpc) is 2.56. The molecule has 0 spiro atoms. The van der Waals surface area contributed by atoms with Gasteiger partial charge in [0.25, 0.3) is 0 Å². The van der Waals surface area contributed by atoms with Gasteiger partial charge in [0.05, 0.1) is 0 Å². The molecule has 14 heavy (non-hydrogen) atoms. The van der Waals surface area contributed by atoms with Gasteiger partial charge in [0.15, 0.2) is 0 Å². The van der Waals surface area contributed by atoms with Crippen molar-refractivity contribution in [2.75, 3.05) is 33.2 Å². The maximum atomic E-state index is 2.55. The molecule has 2 rings (SSSR count). The average molecular weight is 210 g/mol. The van der Waals surface area contributed by atoms with Gasteiger partial charge in [-0.25, -0.2) is 0 Å². The van der Waals surface area contributed by atoms with Gasteiger partial charge < -0.3 is 4.90 Å². The summed E-state index contributed by atoms with van der Waals surface area (Å²) < 4.78 is 0. The Bertz CT molecular complexity index is 287. The predicted molar refractivity (Wildman–Crippen MR) is 61.8 cm³/mol. The van der Waals surface area contributed by atoms with Crippen LogP contribution in [0.15, 0.2) is 12.1 Å². The molecule has 1 aromatic heterocycles. The molecule has 0 unspecified atom stereocenters. The number of rotatable bonds is 2. The van der Waals surface area contributed by atoms with Crippen LogP contribution >= 0.6 is 11.3 Å². The standard InChI is InChI=1S/C11H18N2S/c1-10-3-4-11(14-10)9-13-7-5-12(2)6-8-13/h3-4H,5-9H2,1-2H3. The van der Waals surface area contributed by atoms with Crippen molar-refractivity contribution in [3.63, 3.8) is 0 Å². The summed E-state index contributed by atoms with van der Waals surface area (Å²) in [6, 6.07) is 4.48. The van der Waals surface area contributed by atoms with E-state index in [1.54, 1.807) is 0 Å². The Morgan fingerprint density at radius 3 is 2.50 bits per heavy atom. The molecule has 0 atom stereocenters. The third-order valence-corrected chi connectivity index (χ3v) is 3.76. The van der Waals surface area contributed by atoms with E-state index < -0.39 is 0 Å². The Morgan fingerprint density at radius 2 is 1.93 bits per heavy atom. The first-order chi connectivity index (χ1) is 6.74. The van der Waals surface area contributed by atoms with Gasteiger partial charge in [0.1, 0.15) is 0 Å². The van der Waals surface area contributed by atoms with Gasteiger partial charge in [-0.15, -0.1) is 11.3 Å². The molecule has 0 amide bonds. The smallest absolute Gasteiger partial charge is 0.0329 e. The van der Waals surface area contributed by atoms with E-state index in [0.29, 0.717) is 0 Å². The van der Waals surface area contributed by atoms with Crippen LogP contribution < -0.4 is 0 Å². The van der Waals surface area contributed by atoms with Crippen molar-refractivity contribution in [3.8, 4) is 0 Å². The van der Waals surface area contributed by atoms with Crippen LogP contribution in [-0.4, -0.2) is 43.0 Å². The highest BCUT2D eigenvalue weighted by Crippen LogP contribution is 2.17. The second kappa shape index (κ2) is 4.43. The van der Waals surface area contributed by atoms with Gasteiger partial charge in [-0.1, -0.05) is 0 Å². The second-order valence-corrected chi connectivity index (χ2v) is 5.46. The van der Waals surface area contributed by atoms with Crippen molar-refractivity contribution in [1.82, 2.24) is 9.80 Å². The number of thiophene rings is 1. The molecule has 78 valence electrons. The molecule has 0 radical (unpaired) electrons. The summed E-state index contributed by atoms with van der Waals surface area (Å²) in [5, 5.41) is 0. The van der Waals surface area contributed by atoms with Crippen molar-refractivity contribution in [2.45, 2.75) is 13.5 Å². The lowest BCUT2D eigenvalue weighted by molar-refractivity contribution is 0.149. The molecule has 1 fully saturated rings. The molecule has 0 saturated carbocycles. The summed E-state index contributed by atoms with van der Waals surface area (Å²) in [4.78, 5) is 7.88. The van der Waals surface area contributed by atoms with E-state index in [9.17, 15) is 0 Å². The lowest BCUT2D eigenvalue weighted by Crippen LogP contribution is -2.43. The topological polar surface area (TPSA) is 6.48 Å². The Kier molecular flexibility index (Phi) is 3.21. The number of hydrogen-bond acceptors (Lipinski definition) is 3. The molecule has 1 aromatic rings. The molecule has 0 N–H and O–H groups in total. The number of nitrogens with zero attached hydrogens (tertiary/aromatic N) is 2. The van der Waals surface area contributed by atoms with E-state index in [4.69, 9.17) is 0 Å². The lowest BCUT2D eigenvalue weighted by atomic mass is 10.3. The minimum Gasteiger partial charge on any atom is -0.304 e. The largest absolute Gasteiger partial charge is 0.304 e. The number of piperazine rings is 1. The van der Waals surface area contributed by atoms with E-state index in [0.717, 1.165) is 6.54 Å². The van der Waals surface area contributed by atoms with Crippen LogP contribution in [0.3, 0.4) is 0 Å². The quantitative estimate of drug-likeness (QED) is 0.734. The molecular weight excluding hydrogens is 192 g/mol. The molecule has 2 nitrogen and oxygen atoms in total. The fraction of sp³-hybridized carbons (Fsp3) is 0.636. The zero-order chi connectivity index (χ0) is 9.97. The summed E-state index contributed by atoms with van der Waals surface area (Å²) >= 11 is 1.93. The maximum Gasteiger partial charge on any atom is 0.0329 e. The zero-order valence-electron chi connectivity index (χ0n) is 8.99. The van der Waals surface area contributed by atoms with E-state index in [2.05, 4.69) is 35.9 Å². The van der Waals surface area contributed by atoms with Crippen molar-refractivity contribution in [3.05, 3.63) is 21.9 Å². The fourth-order valence-electron chi connectivity index (χ4n) is 1.80. The van der Waals surface area contributed by atoms with Crippen LogP contribution in [0.5, 0.6) is 0 Å². The van der Waals surface area contributed by atoms with Gasteiger partial charge in [-0.3, -0.25) is 4.90 Å².